The summed E-state index contributed by atoms with van der Waals surface area (Å²) in [5.74, 6) is 3.52. The molecule has 5 heteroatoms. The number of carbonyl (C=O) groups is 1. The molecule has 1 aromatic rings. The van der Waals surface area contributed by atoms with Gasteiger partial charge in [-0.05, 0) is 13.8 Å². The Kier molecular flexibility index (Phi) is 4.27. The number of aldehydes is 1. The number of carbonyl (C=O) groups excluding carboxylic acids is 1. The number of aryl methyl sites for hydroxylation is 1. The van der Waals surface area contributed by atoms with Gasteiger partial charge in [-0.3, -0.25) is 4.79 Å². The molecule has 0 aliphatic carbocycles. The lowest BCUT2D eigenvalue weighted by atomic mass is 10.3. The van der Waals surface area contributed by atoms with E-state index >= 15 is 0 Å². The first-order valence-electron chi connectivity index (χ1n) is 4.81. The fraction of sp³-hybridized carbons (Fsp3) is 0.364. The Hall–Kier alpha value is -1.60. The smallest absolute Gasteiger partial charge is 0.156 e. The minimum atomic E-state index is 0.160. The van der Waals surface area contributed by atoms with Crippen LogP contribution in [0.1, 0.15) is 23.1 Å². The quantitative estimate of drug-likeness (QED) is 0.454. The van der Waals surface area contributed by atoms with Crippen LogP contribution in [0.3, 0.4) is 0 Å². The van der Waals surface area contributed by atoms with Crippen molar-refractivity contribution in [3.05, 3.63) is 16.5 Å². The van der Waals surface area contributed by atoms with E-state index in [9.17, 15) is 4.79 Å². The standard InChI is InChI=1S/C11H12ClN3O/c1-4-6-15(5-2)11-9(7-16)10(12)13-8(3)14-11/h1,7H,5-6H2,2-3H3. The predicted octanol–water partition coefficient (Wildman–Crippen LogP) is 1.71. The van der Waals surface area contributed by atoms with E-state index in [0.29, 0.717) is 31.0 Å². The molecule has 0 aromatic carbocycles. The van der Waals surface area contributed by atoms with Gasteiger partial charge in [0.1, 0.15) is 16.8 Å². The van der Waals surface area contributed by atoms with Crippen LogP contribution < -0.4 is 4.90 Å². The highest BCUT2D eigenvalue weighted by Crippen LogP contribution is 2.22. The fourth-order valence-corrected chi connectivity index (χ4v) is 1.57. The maximum absolute atomic E-state index is 10.9. The zero-order chi connectivity index (χ0) is 12.1. The molecule has 0 N–H and O–H groups in total. The third kappa shape index (κ3) is 2.50. The number of halogens is 1. The average Bonchev–Trinajstić information content (AvgIpc) is 2.25. The van der Waals surface area contributed by atoms with E-state index in [2.05, 4.69) is 15.9 Å². The summed E-state index contributed by atoms with van der Waals surface area (Å²) in [6.07, 6.45) is 5.90. The first-order chi connectivity index (χ1) is 7.63. The molecule has 84 valence electrons. The Morgan fingerprint density at radius 2 is 2.25 bits per heavy atom. The number of anilines is 1. The number of nitrogens with zero attached hydrogens (tertiary/aromatic N) is 3. The second-order valence-corrected chi connectivity index (χ2v) is 3.49. The maximum atomic E-state index is 10.9. The number of hydrogen-bond acceptors (Lipinski definition) is 4. The maximum Gasteiger partial charge on any atom is 0.156 e. The highest BCUT2D eigenvalue weighted by Gasteiger charge is 2.15. The van der Waals surface area contributed by atoms with Gasteiger partial charge >= 0.3 is 0 Å². The van der Waals surface area contributed by atoms with E-state index < -0.39 is 0 Å². The zero-order valence-corrected chi connectivity index (χ0v) is 9.95. The second-order valence-electron chi connectivity index (χ2n) is 3.14. The minimum Gasteiger partial charge on any atom is -0.345 e. The van der Waals surface area contributed by atoms with Gasteiger partial charge in [0.2, 0.25) is 0 Å². The normalized spacial score (nSPS) is 9.62. The van der Waals surface area contributed by atoms with Gasteiger partial charge in [-0.2, -0.15) is 0 Å². The first kappa shape index (κ1) is 12.5. The molecule has 1 rings (SSSR count). The van der Waals surface area contributed by atoms with Gasteiger partial charge in [0.05, 0.1) is 12.1 Å². The van der Waals surface area contributed by atoms with E-state index in [0.717, 1.165) is 0 Å². The van der Waals surface area contributed by atoms with E-state index in [1.54, 1.807) is 11.8 Å². The van der Waals surface area contributed by atoms with Crippen LogP contribution in [0.4, 0.5) is 5.82 Å². The van der Waals surface area contributed by atoms with Crippen molar-refractivity contribution in [2.24, 2.45) is 0 Å². The third-order valence-electron chi connectivity index (χ3n) is 2.07. The molecule has 0 saturated carbocycles. The Bertz CT molecular complexity index is 440. The summed E-state index contributed by atoms with van der Waals surface area (Å²) in [7, 11) is 0. The van der Waals surface area contributed by atoms with Crippen molar-refractivity contribution in [3.8, 4) is 12.3 Å². The van der Waals surface area contributed by atoms with Crippen LogP contribution in [0.5, 0.6) is 0 Å². The average molecular weight is 238 g/mol. The molecule has 0 bridgehead atoms. The monoisotopic (exact) mass is 237 g/mol. The van der Waals surface area contributed by atoms with Crippen molar-refractivity contribution in [1.82, 2.24) is 9.97 Å². The fourth-order valence-electron chi connectivity index (χ4n) is 1.32. The summed E-state index contributed by atoms with van der Waals surface area (Å²) in [5, 5.41) is 0.160. The van der Waals surface area contributed by atoms with Gasteiger partial charge in [0.15, 0.2) is 6.29 Å². The molecule has 0 atom stereocenters. The lowest BCUT2D eigenvalue weighted by Crippen LogP contribution is -2.26. The molecule has 1 heterocycles. The first-order valence-corrected chi connectivity index (χ1v) is 5.19. The largest absolute Gasteiger partial charge is 0.345 e. The molecular formula is C11H12ClN3O. The summed E-state index contributed by atoms with van der Waals surface area (Å²) in [6.45, 7) is 4.67. The molecule has 0 unspecified atom stereocenters. The molecule has 16 heavy (non-hydrogen) atoms. The summed E-state index contributed by atoms with van der Waals surface area (Å²) < 4.78 is 0. The molecule has 0 saturated heterocycles. The Labute approximate surface area is 99.6 Å². The highest BCUT2D eigenvalue weighted by atomic mass is 35.5. The van der Waals surface area contributed by atoms with Crippen molar-refractivity contribution in [3.63, 3.8) is 0 Å². The van der Waals surface area contributed by atoms with Crippen LogP contribution in [0.15, 0.2) is 0 Å². The Balaban J connectivity index is 3.29. The second kappa shape index (κ2) is 5.47. The van der Waals surface area contributed by atoms with Gasteiger partial charge in [-0.1, -0.05) is 17.5 Å². The molecule has 1 aromatic heterocycles. The summed E-state index contributed by atoms with van der Waals surface area (Å²) in [5.41, 5.74) is 0.282. The van der Waals surface area contributed by atoms with Gasteiger partial charge in [0.25, 0.3) is 0 Å². The molecule has 0 amide bonds. The molecule has 0 aliphatic rings. The number of terminal acetylenes is 1. The lowest BCUT2D eigenvalue weighted by Gasteiger charge is -2.21. The van der Waals surface area contributed by atoms with Crippen LogP contribution in [0, 0.1) is 19.3 Å². The van der Waals surface area contributed by atoms with Gasteiger partial charge in [0, 0.05) is 6.54 Å². The zero-order valence-electron chi connectivity index (χ0n) is 9.20. The van der Waals surface area contributed by atoms with Crippen molar-refractivity contribution in [1.29, 1.82) is 0 Å². The summed E-state index contributed by atoms with van der Waals surface area (Å²) in [6, 6.07) is 0. The number of hydrogen-bond donors (Lipinski definition) is 0. The topological polar surface area (TPSA) is 46.1 Å². The van der Waals surface area contributed by atoms with Crippen LogP contribution in [0.25, 0.3) is 0 Å². The third-order valence-corrected chi connectivity index (χ3v) is 2.36. The minimum absolute atomic E-state index is 0.160. The van der Waals surface area contributed by atoms with Gasteiger partial charge in [-0.25, -0.2) is 9.97 Å². The van der Waals surface area contributed by atoms with E-state index in [1.165, 1.54) is 0 Å². The van der Waals surface area contributed by atoms with E-state index in [4.69, 9.17) is 18.0 Å². The SMILES string of the molecule is C#CCN(CC)c1nc(C)nc(Cl)c1C=O. The molecule has 0 fully saturated rings. The van der Waals surface area contributed by atoms with Crippen LogP contribution in [-0.4, -0.2) is 29.3 Å². The van der Waals surface area contributed by atoms with Crippen molar-refractivity contribution >= 4 is 23.7 Å². The molecule has 0 spiro atoms. The summed E-state index contributed by atoms with van der Waals surface area (Å²) >= 11 is 5.88. The molecule has 0 radical (unpaired) electrons. The molecular weight excluding hydrogens is 226 g/mol. The molecule has 4 nitrogen and oxygen atoms in total. The van der Waals surface area contributed by atoms with Crippen molar-refractivity contribution < 1.29 is 4.79 Å². The Morgan fingerprint density at radius 1 is 1.56 bits per heavy atom. The van der Waals surface area contributed by atoms with Gasteiger partial charge in [-0.15, -0.1) is 6.42 Å². The highest BCUT2D eigenvalue weighted by molar-refractivity contribution is 6.32. The van der Waals surface area contributed by atoms with Crippen LogP contribution >= 0.6 is 11.6 Å². The Morgan fingerprint density at radius 3 is 2.75 bits per heavy atom. The molecule has 0 aliphatic heterocycles. The van der Waals surface area contributed by atoms with E-state index in [-0.39, 0.29) is 10.7 Å². The lowest BCUT2D eigenvalue weighted by molar-refractivity contribution is 0.112. The predicted molar refractivity (Wildman–Crippen MR) is 63.9 cm³/mol. The number of rotatable bonds is 4. The summed E-state index contributed by atoms with van der Waals surface area (Å²) in [4.78, 5) is 20.9. The van der Waals surface area contributed by atoms with Crippen LogP contribution in [-0.2, 0) is 0 Å². The van der Waals surface area contributed by atoms with E-state index in [1.807, 2.05) is 6.92 Å². The van der Waals surface area contributed by atoms with Crippen molar-refractivity contribution in [2.45, 2.75) is 13.8 Å². The van der Waals surface area contributed by atoms with Crippen LogP contribution in [0.2, 0.25) is 5.15 Å². The van der Waals surface area contributed by atoms with Gasteiger partial charge < -0.3 is 4.90 Å². The van der Waals surface area contributed by atoms with Crippen molar-refractivity contribution in [2.75, 3.05) is 18.0 Å². The number of aromatic nitrogens is 2.